The molecule has 6 heterocycles. The lowest BCUT2D eigenvalue weighted by Gasteiger charge is -2.30. The monoisotopic (exact) mass is 1070 g/mol. The lowest BCUT2D eigenvalue weighted by atomic mass is 9.73. The Morgan fingerprint density at radius 1 is 0.131 bits per heavy atom. The highest BCUT2D eigenvalue weighted by Crippen LogP contribution is 2.61. The van der Waals surface area contributed by atoms with E-state index in [2.05, 4.69) is 285 Å². The number of aromatic nitrogens is 6. The third-order valence-electron chi connectivity index (χ3n) is 18.4. The molecule has 390 valence electrons. The summed E-state index contributed by atoms with van der Waals surface area (Å²) < 4.78 is 0. The summed E-state index contributed by atoms with van der Waals surface area (Å²) in [7, 11) is 0. The van der Waals surface area contributed by atoms with Crippen LogP contribution in [0.15, 0.2) is 255 Å². The molecule has 0 aliphatic heterocycles. The van der Waals surface area contributed by atoms with Gasteiger partial charge in [-0.3, -0.25) is 0 Å². The Balaban J connectivity index is 1.16. The van der Waals surface area contributed by atoms with Crippen LogP contribution in [0.1, 0.15) is 0 Å². The summed E-state index contributed by atoms with van der Waals surface area (Å²) in [5.74, 6) is 0. The highest BCUT2D eigenvalue weighted by atomic mass is 14.7. The zero-order valence-corrected chi connectivity index (χ0v) is 45.2. The molecular weight excluding hydrogens is 1020 g/mol. The van der Waals surface area contributed by atoms with E-state index in [1.807, 2.05) is 0 Å². The van der Waals surface area contributed by atoms with Crippen LogP contribution in [0.2, 0.25) is 0 Å². The molecule has 0 aliphatic carbocycles. The van der Waals surface area contributed by atoms with Crippen LogP contribution in [0.4, 0.5) is 0 Å². The van der Waals surface area contributed by atoms with Crippen LogP contribution < -0.4 is 0 Å². The largest absolute Gasteiger partial charge is 0.354 e. The van der Waals surface area contributed by atoms with Gasteiger partial charge in [-0.05, 0) is 36.4 Å². The molecule has 0 saturated carbocycles. The van der Waals surface area contributed by atoms with E-state index in [0.717, 1.165) is 165 Å². The molecule has 84 heavy (non-hydrogen) atoms. The van der Waals surface area contributed by atoms with E-state index in [4.69, 9.17) is 0 Å². The minimum atomic E-state index is 1.07. The molecule has 13 aromatic carbocycles. The highest BCUT2D eigenvalue weighted by Gasteiger charge is 2.35. The molecule has 19 rings (SSSR count). The fraction of sp³-hybridized carbons (Fsp3) is 0. The zero-order valence-electron chi connectivity index (χ0n) is 45.2. The van der Waals surface area contributed by atoms with Crippen molar-refractivity contribution >= 4 is 131 Å². The van der Waals surface area contributed by atoms with Crippen LogP contribution in [0, 0.1) is 0 Å². The molecule has 0 radical (unpaired) electrons. The number of nitrogens with one attached hydrogen (secondary N) is 6. The van der Waals surface area contributed by atoms with Gasteiger partial charge in [0.05, 0.1) is 33.1 Å². The SMILES string of the molecule is c1ccc2c(c1)[nH]c1c(-c3c(-c4cccc5c4[nH]c4ccccc45)c(-c4cccc5c4[nH]c4ccccc45)c(-c4cccc5c4[nH]c4ccccc45)c(-c4cccc5c4[nH]c4ccccc45)c3-c3cccc4c3[nH]c3ccccc34)cccc12. The lowest BCUT2D eigenvalue weighted by molar-refractivity contribution is 1.48. The van der Waals surface area contributed by atoms with E-state index >= 15 is 0 Å². The third kappa shape index (κ3) is 6.23. The van der Waals surface area contributed by atoms with E-state index in [9.17, 15) is 0 Å². The van der Waals surface area contributed by atoms with Crippen molar-refractivity contribution < 1.29 is 0 Å². The van der Waals surface area contributed by atoms with Gasteiger partial charge in [0.25, 0.3) is 0 Å². The molecule has 0 saturated heterocycles. The average molecular weight is 1070 g/mol. The number of hydrogen-bond acceptors (Lipinski definition) is 0. The topological polar surface area (TPSA) is 94.7 Å². The number of H-pyrrole nitrogens is 6. The maximum Gasteiger partial charge on any atom is 0.0544 e. The van der Waals surface area contributed by atoms with Crippen molar-refractivity contribution in [2.45, 2.75) is 0 Å². The van der Waals surface area contributed by atoms with Gasteiger partial charge in [-0.15, -0.1) is 0 Å². The fourth-order valence-corrected chi connectivity index (χ4v) is 14.9. The fourth-order valence-electron chi connectivity index (χ4n) is 14.9. The molecule has 19 aromatic rings. The summed E-state index contributed by atoms with van der Waals surface area (Å²) >= 11 is 0. The first kappa shape index (κ1) is 45.4. The normalized spacial score (nSPS) is 12.3. The maximum absolute atomic E-state index is 4.09. The molecule has 0 fully saturated rings. The minimum absolute atomic E-state index is 1.07. The molecule has 6 nitrogen and oxygen atoms in total. The van der Waals surface area contributed by atoms with Crippen LogP contribution in [0.5, 0.6) is 0 Å². The first-order chi connectivity index (χ1) is 41.7. The Hall–Kier alpha value is -11.3. The van der Waals surface area contributed by atoms with Gasteiger partial charge < -0.3 is 29.9 Å². The summed E-state index contributed by atoms with van der Waals surface area (Å²) in [6.45, 7) is 0. The van der Waals surface area contributed by atoms with Gasteiger partial charge in [0, 0.05) is 164 Å². The number of rotatable bonds is 6. The molecule has 0 unspecified atom stereocenters. The average Bonchev–Trinajstić information content (AvgIpc) is 3.69. The van der Waals surface area contributed by atoms with Crippen LogP contribution in [0.25, 0.3) is 198 Å². The van der Waals surface area contributed by atoms with Crippen LogP contribution in [-0.4, -0.2) is 29.9 Å². The van der Waals surface area contributed by atoms with Gasteiger partial charge in [-0.25, -0.2) is 0 Å². The Bertz CT molecular complexity index is 5040. The van der Waals surface area contributed by atoms with Gasteiger partial charge in [0.15, 0.2) is 0 Å². The summed E-state index contributed by atoms with van der Waals surface area (Å²) in [4.78, 5) is 24.5. The summed E-state index contributed by atoms with van der Waals surface area (Å²) in [5, 5.41) is 14.1. The van der Waals surface area contributed by atoms with Crippen LogP contribution in [0.3, 0.4) is 0 Å². The standard InChI is InChI=1S/C78H48N6/c1-7-37-61-43(19-1)49-25-13-31-55(73(49)79-61)67-68(56-32-14-26-50-44-20-2-8-38-62(44)80-74(50)56)70(58-34-16-28-52-46-22-4-10-40-64(46)82-76(52)58)72(60-36-18-30-54-48-24-6-12-42-66(48)84-78(54)60)71(59-35-17-29-53-47-23-5-11-41-65(47)83-77(53)59)69(67)57-33-15-27-51-45-21-3-9-39-63(45)81-75(51)57/h1-42,79-84H. The smallest absolute Gasteiger partial charge is 0.0544 e. The minimum Gasteiger partial charge on any atom is -0.354 e. The second-order valence-electron chi connectivity index (χ2n) is 22.6. The molecule has 6 aromatic heterocycles. The van der Waals surface area contributed by atoms with E-state index in [1.165, 1.54) is 32.3 Å². The zero-order chi connectivity index (χ0) is 54.7. The van der Waals surface area contributed by atoms with Crippen LogP contribution in [-0.2, 0) is 0 Å². The van der Waals surface area contributed by atoms with Gasteiger partial charge in [-0.1, -0.05) is 218 Å². The first-order valence-electron chi connectivity index (χ1n) is 28.9. The molecule has 0 aliphatic rings. The van der Waals surface area contributed by atoms with Gasteiger partial charge >= 0.3 is 0 Å². The van der Waals surface area contributed by atoms with Gasteiger partial charge in [-0.2, -0.15) is 0 Å². The second kappa shape index (κ2) is 17.1. The van der Waals surface area contributed by atoms with Crippen molar-refractivity contribution in [2.24, 2.45) is 0 Å². The molecule has 0 atom stereocenters. The lowest BCUT2D eigenvalue weighted by Crippen LogP contribution is -2.04. The Labute approximate surface area is 479 Å². The summed E-state index contributed by atoms with van der Waals surface area (Å²) in [6, 6.07) is 94.2. The maximum atomic E-state index is 4.09. The molecule has 0 amide bonds. The quantitative estimate of drug-likeness (QED) is 0.0957. The van der Waals surface area contributed by atoms with Crippen LogP contribution >= 0.6 is 0 Å². The third-order valence-corrected chi connectivity index (χ3v) is 18.4. The summed E-state index contributed by atoms with van der Waals surface area (Å²) in [5.41, 5.74) is 26.2. The van der Waals surface area contributed by atoms with E-state index in [0.29, 0.717) is 0 Å². The molecule has 0 bridgehead atoms. The van der Waals surface area contributed by atoms with Gasteiger partial charge in [0.2, 0.25) is 0 Å². The first-order valence-corrected chi connectivity index (χ1v) is 28.9. The number of para-hydroxylation sites is 12. The number of hydrogen-bond donors (Lipinski definition) is 6. The van der Waals surface area contributed by atoms with Crippen molar-refractivity contribution in [3.63, 3.8) is 0 Å². The Morgan fingerprint density at radius 3 is 0.440 bits per heavy atom. The van der Waals surface area contributed by atoms with Crippen molar-refractivity contribution in [3.8, 4) is 66.8 Å². The number of fused-ring (bicyclic) bond motifs is 18. The predicted molar refractivity (Wildman–Crippen MR) is 355 cm³/mol. The second-order valence-corrected chi connectivity index (χ2v) is 22.6. The molecule has 6 N–H and O–H groups in total. The van der Waals surface area contributed by atoms with Crippen molar-refractivity contribution in [1.29, 1.82) is 0 Å². The van der Waals surface area contributed by atoms with E-state index < -0.39 is 0 Å². The molecule has 6 heteroatoms. The summed E-state index contributed by atoms with van der Waals surface area (Å²) in [6.07, 6.45) is 0. The molecule has 0 spiro atoms. The van der Waals surface area contributed by atoms with Gasteiger partial charge in [0.1, 0.15) is 0 Å². The van der Waals surface area contributed by atoms with Crippen molar-refractivity contribution in [3.05, 3.63) is 255 Å². The van der Waals surface area contributed by atoms with E-state index in [1.54, 1.807) is 0 Å². The number of benzene rings is 13. The predicted octanol–water partition coefficient (Wildman–Crippen LogP) is 21.5. The Morgan fingerprint density at radius 2 is 0.274 bits per heavy atom. The molecular formula is C78H48N6. The van der Waals surface area contributed by atoms with Crippen molar-refractivity contribution in [1.82, 2.24) is 29.9 Å². The Kier molecular flexibility index (Phi) is 9.24. The van der Waals surface area contributed by atoms with E-state index in [-0.39, 0.29) is 0 Å². The number of aromatic amines is 6. The highest BCUT2D eigenvalue weighted by molar-refractivity contribution is 6.30. The van der Waals surface area contributed by atoms with Crippen molar-refractivity contribution in [2.75, 3.05) is 0 Å².